The van der Waals surface area contributed by atoms with Crippen LogP contribution >= 0.6 is 11.8 Å². The van der Waals surface area contributed by atoms with Crippen molar-refractivity contribution in [3.63, 3.8) is 0 Å². The summed E-state index contributed by atoms with van der Waals surface area (Å²) >= 11 is 1.34. The number of thioether (sulfide) groups is 1. The van der Waals surface area contributed by atoms with Gasteiger partial charge < -0.3 is 10.2 Å². The van der Waals surface area contributed by atoms with Gasteiger partial charge in [-0.3, -0.25) is 0 Å². The molecular formula is C4H10O2S. The molecule has 2 nitrogen and oxygen atoms in total. The largest absolute Gasteiger partial charge is 0.393 e. The normalized spacial score (nSPS) is 14.1. The third-order valence-electron chi connectivity index (χ3n) is 0.515. The molecule has 3 heteroatoms. The fourth-order valence-corrected chi connectivity index (χ4v) is 0.735. The quantitative estimate of drug-likeness (QED) is 0.520. The highest BCUT2D eigenvalue weighted by atomic mass is 32.2. The van der Waals surface area contributed by atoms with Crippen molar-refractivity contribution in [3.8, 4) is 0 Å². The summed E-state index contributed by atoms with van der Waals surface area (Å²) in [5.74, 6) is 0.849. The second-order valence-corrected chi connectivity index (χ2v) is 2.55. The van der Waals surface area contributed by atoms with Gasteiger partial charge in [-0.1, -0.05) is 6.92 Å². The molecule has 0 saturated carbocycles. The van der Waals surface area contributed by atoms with E-state index in [2.05, 4.69) is 0 Å². The number of hydrogen-bond acceptors (Lipinski definition) is 3. The molecule has 0 rings (SSSR count). The molecule has 1 unspecified atom stereocenters. The van der Waals surface area contributed by atoms with Crippen molar-refractivity contribution in [2.75, 3.05) is 12.4 Å². The van der Waals surface area contributed by atoms with Crippen molar-refractivity contribution >= 4 is 11.8 Å². The van der Waals surface area contributed by atoms with Crippen LogP contribution in [-0.2, 0) is 0 Å². The average Bonchev–Trinajstić information content (AvgIpc) is 1.68. The molecule has 2 N–H and O–H groups in total. The summed E-state index contributed by atoms with van der Waals surface area (Å²) in [6.45, 7) is 1.79. The van der Waals surface area contributed by atoms with E-state index in [1.807, 2.05) is 6.92 Å². The molecule has 0 aliphatic rings. The Morgan fingerprint density at radius 1 is 1.71 bits per heavy atom. The van der Waals surface area contributed by atoms with Crippen LogP contribution in [0.15, 0.2) is 0 Å². The first-order valence-electron chi connectivity index (χ1n) is 2.21. The Hall–Kier alpha value is 0.270. The van der Waals surface area contributed by atoms with E-state index in [1.54, 1.807) is 0 Å². The van der Waals surface area contributed by atoms with Crippen molar-refractivity contribution in [3.05, 3.63) is 0 Å². The maximum Gasteiger partial charge on any atom is 0.122 e. The molecule has 1 atom stereocenters. The zero-order valence-electron chi connectivity index (χ0n) is 4.29. The van der Waals surface area contributed by atoms with Crippen LogP contribution in [0.2, 0.25) is 0 Å². The minimum Gasteiger partial charge on any atom is -0.393 e. The van der Waals surface area contributed by atoms with Gasteiger partial charge in [-0.15, -0.1) is 11.8 Å². The van der Waals surface area contributed by atoms with Gasteiger partial charge in [0.2, 0.25) is 0 Å². The van der Waals surface area contributed by atoms with E-state index < -0.39 is 5.44 Å². The topological polar surface area (TPSA) is 40.5 Å². The predicted molar refractivity (Wildman–Crippen MR) is 31.2 cm³/mol. The van der Waals surface area contributed by atoms with Crippen molar-refractivity contribution in [2.45, 2.75) is 12.4 Å². The Morgan fingerprint density at radius 2 is 2.29 bits per heavy atom. The Kier molecular flexibility index (Phi) is 4.60. The molecule has 0 saturated heterocycles. The molecule has 0 amide bonds. The number of aliphatic hydroxyl groups is 2. The van der Waals surface area contributed by atoms with Gasteiger partial charge in [0.05, 0.1) is 6.61 Å². The predicted octanol–water partition coefficient (Wildman–Crippen LogP) is 0.0502. The minimum absolute atomic E-state index is 0.140. The summed E-state index contributed by atoms with van der Waals surface area (Å²) in [6, 6.07) is 0. The molecule has 0 aliphatic carbocycles. The Balaban J connectivity index is 2.83. The van der Waals surface area contributed by atoms with Gasteiger partial charge in [0.15, 0.2) is 0 Å². The first kappa shape index (κ1) is 7.27. The van der Waals surface area contributed by atoms with Crippen molar-refractivity contribution in [2.24, 2.45) is 0 Å². The lowest BCUT2D eigenvalue weighted by atomic mass is 10.8. The zero-order valence-corrected chi connectivity index (χ0v) is 5.11. The summed E-state index contributed by atoms with van der Waals surface area (Å²) in [6.07, 6.45) is 0. The second kappa shape index (κ2) is 4.43. The van der Waals surface area contributed by atoms with Crippen LogP contribution in [0.3, 0.4) is 0 Å². The third kappa shape index (κ3) is 4.12. The van der Waals surface area contributed by atoms with Gasteiger partial charge in [-0.25, -0.2) is 0 Å². The lowest BCUT2D eigenvalue weighted by molar-refractivity contribution is 0.160. The first-order valence-corrected chi connectivity index (χ1v) is 3.26. The van der Waals surface area contributed by atoms with E-state index in [1.165, 1.54) is 11.8 Å². The second-order valence-electron chi connectivity index (χ2n) is 1.09. The summed E-state index contributed by atoms with van der Waals surface area (Å²) in [5.41, 5.74) is -0.579. The van der Waals surface area contributed by atoms with Crippen LogP contribution < -0.4 is 0 Å². The molecule has 0 radical (unpaired) electrons. The fraction of sp³-hybridized carbons (Fsp3) is 1.00. The Morgan fingerprint density at radius 3 is 2.43 bits per heavy atom. The van der Waals surface area contributed by atoms with Crippen LogP contribution in [0.5, 0.6) is 0 Å². The van der Waals surface area contributed by atoms with E-state index in [0.29, 0.717) is 0 Å². The van der Waals surface area contributed by atoms with Gasteiger partial charge in [-0.2, -0.15) is 0 Å². The number of aliphatic hydroxyl groups excluding tert-OH is 2. The zero-order chi connectivity index (χ0) is 5.70. The van der Waals surface area contributed by atoms with Crippen molar-refractivity contribution in [1.82, 2.24) is 0 Å². The van der Waals surface area contributed by atoms with Crippen LogP contribution in [0.25, 0.3) is 0 Å². The molecule has 0 aliphatic heterocycles. The van der Waals surface area contributed by atoms with Gasteiger partial charge >= 0.3 is 0 Å². The maximum absolute atomic E-state index is 8.57. The van der Waals surface area contributed by atoms with Crippen LogP contribution in [-0.4, -0.2) is 28.0 Å². The maximum atomic E-state index is 8.57. The molecule has 0 spiro atoms. The van der Waals surface area contributed by atoms with E-state index in [-0.39, 0.29) is 6.61 Å². The first-order chi connectivity index (χ1) is 3.31. The number of rotatable bonds is 3. The smallest absolute Gasteiger partial charge is 0.122 e. The highest BCUT2D eigenvalue weighted by Crippen LogP contribution is 2.04. The van der Waals surface area contributed by atoms with E-state index in [9.17, 15) is 0 Å². The van der Waals surface area contributed by atoms with Crippen molar-refractivity contribution < 1.29 is 10.2 Å². The van der Waals surface area contributed by atoms with E-state index in [4.69, 9.17) is 10.2 Å². The van der Waals surface area contributed by atoms with Crippen LogP contribution in [0.4, 0.5) is 0 Å². The van der Waals surface area contributed by atoms with Crippen LogP contribution in [0.1, 0.15) is 6.92 Å². The monoisotopic (exact) mass is 122 g/mol. The highest BCUT2D eigenvalue weighted by molar-refractivity contribution is 7.99. The molecule has 0 aromatic rings. The van der Waals surface area contributed by atoms with Gasteiger partial charge in [0.25, 0.3) is 0 Å². The average molecular weight is 122 g/mol. The van der Waals surface area contributed by atoms with Gasteiger partial charge in [0.1, 0.15) is 5.44 Å². The Bertz CT molecular complexity index is 40.7. The summed E-state index contributed by atoms with van der Waals surface area (Å²) < 4.78 is 0. The Labute approximate surface area is 47.5 Å². The minimum atomic E-state index is -0.579. The fourth-order valence-electron chi connectivity index (χ4n) is 0.245. The standard InChI is InChI=1S/C4H10O2S/c1-2-7-4(6)3-5/h4-6H,2-3H2,1H3. The molecule has 7 heavy (non-hydrogen) atoms. The highest BCUT2D eigenvalue weighted by Gasteiger charge is 1.96. The third-order valence-corrected chi connectivity index (χ3v) is 1.38. The van der Waals surface area contributed by atoms with Crippen molar-refractivity contribution in [1.29, 1.82) is 0 Å². The SMILES string of the molecule is CCSC(O)CO. The molecule has 0 fully saturated rings. The molecule has 0 heterocycles. The molecule has 0 aromatic heterocycles. The summed E-state index contributed by atoms with van der Waals surface area (Å²) in [4.78, 5) is 0. The molecule has 0 bridgehead atoms. The summed E-state index contributed by atoms with van der Waals surface area (Å²) in [5, 5.41) is 16.8. The van der Waals surface area contributed by atoms with E-state index >= 15 is 0 Å². The molecular weight excluding hydrogens is 112 g/mol. The number of hydrogen-bond donors (Lipinski definition) is 2. The van der Waals surface area contributed by atoms with Gasteiger partial charge in [0, 0.05) is 0 Å². The lowest BCUT2D eigenvalue weighted by Crippen LogP contribution is -2.05. The molecule has 44 valence electrons. The van der Waals surface area contributed by atoms with Gasteiger partial charge in [-0.05, 0) is 5.75 Å². The van der Waals surface area contributed by atoms with Crippen LogP contribution in [0, 0.1) is 0 Å². The summed E-state index contributed by atoms with van der Waals surface area (Å²) in [7, 11) is 0. The lowest BCUT2D eigenvalue weighted by Gasteiger charge is -2.00. The van der Waals surface area contributed by atoms with E-state index in [0.717, 1.165) is 5.75 Å². The molecule has 0 aromatic carbocycles.